The molecule has 0 bridgehead atoms. The molecule has 0 aliphatic carbocycles. The van der Waals surface area contributed by atoms with Crippen molar-refractivity contribution < 1.29 is 9.59 Å². The highest BCUT2D eigenvalue weighted by Gasteiger charge is 2.23. The number of amides is 1. The molecule has 1 amide bonds. The summed E-state index contributed by atoms with van der Waals surface area (Å²) in [5.41, 5.74) is 3.69. The molecule has 0 unspecified atom stereocenters. The maximum Gasteiger partial charge on any atom is 0.257 e. The van der Waals surface area contributed by atoms with Gasteiger partial charge in [-0.3, -0.25) is 18.7 Å². The number of carbonyl (C=O) groups excluding carboxylic acids is 2. The molecule has 8 heteroatoms. The van der Waals surface area contributed by atoms with Crippen molar-refractivity contribution in [1.82, 2.24) is 29.0 Å². The Kier molecular flexibility index (Phi) is 4.67. The van der Waals surface area contributed by atoms with E-state index in [1.165, 1.54) is 15.8 Å². The predicted molar refractivity (Wildman–Crippen MR) is 108 cm³/mol. The third kappa shape index (κ3) is 3.52. The van der Waals surface area contributed by atoms with E-state index in [-0.39, 0.29) is 29.4 Å². The van der Waals surface area contributed by atoms with Gasteiger partial charge in [0.1, 0.15) is 17.7 Å². The smallest absolute Gasteiger partial charge is 0.257 e. The van der Waals surface area contributed by atoms with Crippen LogP contribution in [-0.4, -0.2) is 54.8 Å². The van der Waals surface area contributed by atoms with Gasteiger partial charge in [-0.25, -0.2) is 9.97 Å². The summed E-state index contributed by atoms with van der Waals surface area (Å²) < 4.78 is 3.25. The van der Waals surface area contributed by atoms with E-state index in [0.29, 0.717) is 11.3 Å². The van der Waals surface area contributed by atoms with Gasteiger partial charge in [0.15, 0.2) is 5.78 Å². The van der Waals surface area contributed by atoms with Crippen LogP contribution in [-0.2, 0) is 13.5 Å². The zero-order chi connectivity index (χ0) is 20.5. The number of aryl methyl sites for hydroxylation is 1. The number of fused-ring (bicyclic) bond motifs is 1. The number of benzene rings is 1. The first kappa shape index (κ1) is 18.5. The number of Topliss-reactive ketones (excluding diaryl/α,β-unsaturated/α-hetero) is 1. The molecule has 0 radical (unpaired) electrons. The maximum absolute atomic E-state index is 12.9. The Hall–Kier alpha value is -3.81. The van der Waals surface area contributed by atoms with E-state index < -0.39 is 0 Å². The minimum absolute atomic E-state index is 0.0528. The largest absolute Gasteiger partial charge is 0.345 e. The fourth-order valence-corrected chi connectivity index (χ4v) is 3.19. The number of imidazole rings is 1. The Morgan fingerprint density at radius 1 is 1.14 bits per heavy atom. The van der Waals surface area contributed by atoms with Crippen molar-refractivity contribution >= 4 is 17.3 Å². The van der Waals surface area contributed by atoms with E-state index in [9.17, 15) is 9.59 Å². The predicted octanol–water partition coefficient (Wildman–Crippen LogP) is 2.26. The Balaban J connectivity index is 1.63. The van der Waals surface area contributed by atoms with Gasteiger partial charge in [-0.1, -0.05) is 30.3 Å². The molecule has 0 fully saturated rings. The zero-order valence-electron chi connectivity index (χ0n) is 16.4. The van der Waals surface area contributed by atoms with Crippen molar-refractivity contribution in [3.8, 4) is 11.3 Å². The highest BCUT2D eigenvalue weighted by Crippen LogP contribution is 2.19. The molecule has 8 nitrogen and oxygen atoms in total. The minimum Gasteiger partial charge on any atom is -0.345 e. The minimum atomic E-state index is -0.259. The molecule has 3 heterocycles. The average Bonchev–Trinajstić information content (AvgIpc) is 3.31. The van der Waals surface area contributed by atoms with Crippen molar-refractivity contribution in [2.24, 2.45) is 7.05 Å². The van der Waals surface area contributed by atoms with E-state index in [4.69, 9.17) is 0 Å². The molecule has 0 atom stereocenters. The number of rotatable bonds is 5. The van der Waals surface area contributed by atoms with Gasteiger partial charge < -0.3 is 4.90 Å². The first-order valence-electron chi connectivity index (χ1n) is 9.10. The Labute approximate surface area is 167 Å². The fourth-order valence-electron chi connectivity index (χ4n) is 3.19. The van der Waals surface area contributed by atoms with Crippen LogP contribution in [0.25, 0.3) is 16.9 Å². The van der Waals surface area contributed by atoms with Gasteiger partial charge in [0.2, 0.25) is 0 Å². The van der Waals surface area contributed by atoms with Crippen LogP contribution in [0.3, 0.4) is 0 Å². The van der Waals surface area contributed by atoms with Gasteiger partial charge in [0.05, 0.1) is 29.6 Å². The third-order valence-electron chi connectivity index (χ3n) is 4.66. The van der Waals surface area contributed by atoms with Gasteiger partial charge in [0, 0.05) is 39.0 Å². The lowest BCUT2D eigenvalue weighted by Gasteiger charge is -2.10. The number of aromatic nitrogens is 5. The van der Waals surface area contributed by atoms with Crippen molar-refractivity contribution in [3.63, 3.8) is 0 Å². The van der Waals surface area contributed by atoms with Crippen LogP contribution in [0.5, 0.6) is 0 Å². The fraction of sp³-hybridized carbons (Fsp3) is 0.190. The van der Waals surface area contributed by atoms with Crippen LogP contribution < -0.4 is 0 Å². The monoisotopic (exact) mass is 388 g/mol. The number of ketones is 1. The molecule has 1 aromatic carbocycles. The van der Waals surface area contributed by atoms with Crippen molar-refractivity contribution in [1.29, 1.82) is 0 Å². The number of nitrogens with zero attached hydrogens (tertiary/aromatic N) is 6. The molecule has 0 aliphatic heterocycles. The van der Waals surface area contributed by atoms with Crippen LogP contribution in [0.15, 0.2) is 55.1 Å². The second kappa shape index (κ2) is 7.31. The second-order valence-corrected chi connectivity index (χ2v) is 6.97. The number of carbonyl (C=O) groups is 2. The maximum atomic E-state index is 12.9. The van der Waals surface area contributed by atoms with Gasteiger partial charge in [-0.05, 0) is 0 Å². The molecule has 0 saturated heterocycles. The van der Waals surface area contributed by atoms with E-state index >= 15 is 0 Å². The second-order valence-electron chi connectivity index (χ2n) is 6.97. The molecular formula is C21H20N6O2. The highest BCUT2D eigenvalue weighted by molar-refractivity contribution is 6.07. The van der Waals surface area contributed by atoms with E-state index in [0.717, 1.165) is 11.3 Å². The molecular weight excluding hydrogens is 368 g/mol. The first-order valence-corrected chi connectivity index (χ1v) is 9.10. The summed E-state index contributed by atoms with van der Waals surface area (Å²) in [4.78, 5) is 35.7. The molecule has 146 valence electrons. The van der Waals surface area contributed by atoms with Crippen molar-refractivity contribution in [2.75, 3.05) is 14.1 Å². The Morgan fingerprint density at radius 2 is 1.90 bits per heavy atom. The van der Waals surface area contributed by atoms with E-state index in [2.05, 4.69) is 15.1 Å². The van der Waals surface area contributed by atoms with Gasteiger partial charge in [-0.15, -0.1) is 0 Å². The van der Waals surface area contributed by atoms with Crippen molar-refractivity contribution in [3.05, 3.63) is 72.1 Å². The molecule has 4 aromatic rings. The highest BCUT2D eigenvalue weighted by atomic mass is 16.2. The van der Waals surface area contributed by atoms with Crippen LogP contribution in [0.1, 0.15) is 26.5 Å². The Bertz CT molecular complexity index is 1210. The lowest BCUT2D eigenvalue weighted by Crippen LogP contribution is -2.24. The zero-order valence-corrected chi connectivity index (χ0v) is 16.4. The Morgan fingerprint density at radius 3 is 2.62 bits per heavy atom. The lowest BCUT2D eigenvalue weighted by atomic mass is 10.1. The topological polar surface area (TPSA) is 85.4 Å². The quantitative estimate of drug-likeness (QED) is 0.490. The SMILES string of the molecule is CN(C)C(=O)c1cnn(C)c1C(=O)Cc1cc2nc(-c3ccccc3)cn2cn1. The van der Waals surface area contributed by atoms with E-state index in [1.54, 1.807) is 33.5 Å². The summed E-state index contributed by atoms with van der Waals surface area (Å²) >= 11 is 0. The van der Waals surface area contributed by atoms with Crippen LogP contribution in [0, 0.1) is 0 Å². The average molecular weight is 388 g/mol. The third-order valence-corrected chi connectivity index (χ3v) is 4.66. The molecule has 0 spiro atoms. The van der Waals surface area contributed by atoms with Gasteiger partial charge >= 0.3 is 0 Å². The molecule has 0 N–H and O–H groups in total. The molecule has 3 aromatic heterocycles. The molecule has 0 saturated carbocycles. The summed E-state index contributed by atoms with van der Waals surface area (Å²) in [6.45, 7) is 0. The lowest BCUT2D eigenvalue weighted by molar-refractivity contribution is 0.0819. The van der Waals surface area contributed by atoms with Crippen LogP contribution in [0.2, 0.25) is 0 Å². The standard InChI is InChI=1S/C21H20N6O2/c1-25(2)21(29)16-11-23-26(3)20(16)18(28)9-15-10-19-24-17(12-27(19)13-22-15)14-7-5-4-6-8-14/h4-8,10-13H,9H2,1-3H3. The summed E-state index contributed by atoms with van der Waals surface area (Å²) in [5, 5.41) is 4.08. The summed E-state index contributed by atoms with van der Waals surface area (Å²) in [6.07, 6.45) is 5.02. The summed E-state index contributed by atoms with van der Waals surface area (Å²) in [7, 11) is 4.93. The first-order chi connectivity index (χ1) is 13.9. The molecule has 0 aliphatic rings. The van der Waals surface area contributed by atoms with Gasteiger partial charge in [0.25, 0.3) is 5.91 Å². The van der Waals surface area contributed by atoms with Crippen LogP contribution in [0.4, 0.5) is 0 Å². The van der Waals surface area contributed by atoms with E-state index in [1.807, 2.05) is 40.9 Å². The molecule has 4 rings (SSSR count). The van der Waals surface area contributed by atoms with Crippen molar-refractivity contribution in [2.45, 2.75) is 6.42 Å². The number of hydrogen-bond donors (Lipinski definition) is 0. The summed E-state index contributed by atoms with van der Waals surface area (Å²) in [5.74, 6) is -0.479. The summed E-state index contributed by atoms with van der Waals surface area (Å²) in [6, 6.07) is 11.6. The normalized spacial score (nSPS) is 11.0. The van der Waals surface area contributed by atoms with Gasteiger partial charge in [-0.2, -0.15) is 5.10 Å². The van der Waals surface area contributed by atoms with Crippen LogP contribution >= 0.6 is 0 Å². The molecule has 29 heavy (non-hydrogen) atoms. The number of hydrogen-bond acceptors (Lipinski definition) is 5.